The minimum absolute atomic E-state index is 0. The van der Waals surface area contributed by atoms with E-state index in [0.29, 0.717) is 52.7 Å². The molecule has 6 rings (SSSR count). The third-order valence-corrected chi connectivity index (χ3v) is 18.1. The van der Waals surface area contributed by atoms with Crippen LogP contribution in [0.25, 0.3) is 0 Å². The highest BCUT2D eigenvalue weighted by Crippen LogP contribution is 2.30. The molecule has 2 N–H and O–H groups in total. The van der Waals surface area contributed by atoms with E-state index in [1.54, 1.807) is 59.1 Å². The fraction of sp³-hybridized carbons (Fsp3) is 0.527. The number of hydrogen-bond donors (Lipinski definition) is 1. The van der Waals surface area contributed by atoms with Gasteiger partial charge in [-0.25, -0.2) is 21.1 Å². The highest BCUT2D eigenvalue weighted by molar-refractivity contribution is 7.89. The predicted molar refractivity (Wildman–Crippen MR) is 302 cm³/mol. The molecule has 4 aromatic carbocycles. The molecular weight excluding hydrogens is 1000 g/mol. The number of nitrogen functional groups attached to an aromatic ring is 1. The van der Waals surface area contributed by atoms with Gasteiger partial charge in [-0.2, -0.15) is 4.31 Å². The number of benzene rings is 4. The Morgan fingerprint density at radius 3 is 1.39 bits per heavy atom. The van der Waals surface area contributed by atoms with E-state index in [1.165, 1.54) is 69.0 Å². The number of nitrogens with two attached hydrogens (primary N) is 1. The molecule has 2 fully saturated rings. The number of carbonyl (C=O) groups is 2. The number of rotatable bonds is 19. The quantitative estimate of drug-likeness (QED) is 0.0548. The van der Waals surface area contributed by atoms with Crippen molar-refractivity contribution in [2.75, 3.05) is 118 Å². The Labute approximate surface area is 449 Å². The van der Waals surface area contributed by atoms with Gasteiger partial charge in [-0.05, 0) is 183 Å². The summed E-state index contributed by atoms with van der Waals surface area (Å²) in [5, 5.41) is 0. The van der Waals surface area contributed by atoms with E-state index < -0.39 is 20.0 Å². The van der Waals surface area contributed by atoms with Crippen molar-refractivity contribution >= 4 is 61.8 Å². The summed E-state index contributed by atoms with van der Waals surface area (Å²) < 4.78 is 68.7. The monoisotopic (exact) mass is 1090 g/mol. The molecule has 4 aromatic rings. The molecule has 16 nitrogen and oxygen atoms in total. The van der Waals surface area contributed by atoms with Crippen molar-refractivity contribution in [3.63, 3.8) is 0 Å². The minimum atomic E-state index is -3.71. The lowest BCUT2D eigenvalue weighted by atomic mass is 10.1. The zero-order valence-corrected chi connectivity index (χ0v) is 48.4. The van der Waals surface area contributed by atoms with E-state index in [0.717, 1.165) is 54.2 Å². The van der Waals surface area contributed by atoms with Crippen molar-refractivity contribution in [1.29, 1.82) is 0 Å². The molecular formula is C55H84ClN7O9S2. The lowest BCUT2D eigenvalue weighted by Gasteiger charge is -2.25. The Hall–Kier alpha value is -4.95. The Balaban J connectivity index is 0.000000320. The third-order valence-electron chi connectivity index (χ3n) is 13.8. The van der Waals surface area contributed by atoms with Gasteiger partial charge in [-0.3, -0.25) is 9.59 Å². The summed E-state index contributed by atoms with van der Waals surface area (Å²) in [6.07, 6.45) is 7.84. The van der Waals surface area contributed by atoms with Gasteiger partial charge in [0.05, 0.1) is 24.0 Å². The third kappa shape index (κ3) is 18.1. The van der Waals surface area contributed by atoms with Crippen LogP contribution in [0.3, 0.4) is 0 Å². The lowest BCUT2D eigenvalue weighted by molar-refractivity contribution is -0.128. The molecule has 2 aliphatic rings. The van der Waals surface area contributed by atoms with Gasteiger partial charge >= 0.3 is 0 Å². The van der Waals surface area contributed by atoms with Gasteiger partial charge in [0.15, 0.2) is 0 Å². The van der Waals surface area contributed by atoms with E-state index in [2.05, 4.69) is 76.8 Å². The highest BCUT2D eigenvalue weighted by atomic mass is 35.5. The first-order chi connectivity index (χ1) is 34.5. The summed E-state index contributed by atoms with van der Waals surface area (Å²) in [7, 11) is 7.42. The average molecular weight is 1090 g/mol. The summed E-state index contributed by atoms with van der Waals surface area (Å²) in [5.41, 5.74) is 12.5. The smallest absolute Gasteiger partial charge is 0.293 e. The zero-order valence-electron chi connectivity index (χ0n) is 45.9. The van der Waals surface area contributed by atoms with Crippen LogP contribution in [-0.4, -0.2) is 162 Å². The number of methoxy groups -OCH3 is 2. The number of aryl methyl sites for hydroxylation is 4. The van der Waals surface area contributed by atoms with Crippen LogP contribution in [0, 0.1) is 27.7 Å². The Morgan fingerprint density at radius 2 is 1.01 bits per heavy atom. The fourth-order valence-electron chi connectivity index (χ4n) is 9.47. The maximum atomic E-state index is 13.2. The number of halogens is 1. The standard InChI is InChI=1S/C28H41N3O4S.C14H23N3.C13H19NO5S.ClH/c1-21-18-27(35-6)19-22(2)28(21)36(33,34)30(5)16-14-26(32)20-23-9-11-25(12-10-23)31-15-7-8-24(13-17-31)29(3)4;1-16(2)13-4-3-10-17(11-9-13)14-7-5-12(15)6-8-14;1-10-7-12(18-4)8-11(2)13(10)20(16,17)14(3)5-6-19-9-15;/h9-12,18-19,24H,7-8,13-17,20H2,1-6H3;5-8,13H,3-4,9-11,15H2,1-2H3;7-9H,5-6H2,1-4H3;1H. The van der Waals surface area contributed by atoms with E-state index in [9.17, 15) is 26.4 Å². The molecule has 2 saturated heterocycles. The first-order valence-corrected chi connectivity index (χ1v) is 28.0. The van der Waals surface area contributed by atoms with Gasteiger partial charge in [0.2, 0.25) is 20.0 Å². The molecule has 2 atom stereocenters. The molecule has 0 radical (unpaired) electrons. The van der Waals surface area contributed by atoms with Crippen LogP contribution in [0.15, 0.2) is 82.6 Å². The number of anilines is 3. The van der Waals surface area contributed by atoms with Crippen LogP contribution in [0.4, 0.5) is 17.1 Å². The summed E-state index contributed by atoms with van der Waals surface area (Å²) in [4.78, 5) is 32.9. The number of nitrogens with zero attached hydrogens (tertiary/aromatic N) is 6. The zero-order chi connectivity index (χ0) is 54.0. The highest BCUT2D eigenvalue weighted by Gasteiger charge is 2.28. The summed E-state index contributed by atoms with van der Waals surface area (Å²) in [5.74, 6) is 1.27. The molecule has 0 bridgehead atoms. The van der Waals surface area contributed by atoms with Crippen molar-refractivity contribution in [3.05, 3.63) is 101 Å². The van der Waals surface area contributed by atoms with Gasteiger partial charge in [-0.15, -0.1) is 12.4 Å². The average Bonchev–Trinajstić information content (AvgIpc) is 3.76. The summed E-state index contributed by atoms with van der Waals surface area (Å²) in [6, 6.07) is 24.6. The molecule has 0 saturated carbocycles. The van der Waals surface area contributed by atoms with E-state index >= 15 is 0 Å². The van der Waals surface area contributed by atoms with Crippen molar-refractivity contribution in [3.8, 4) is 11.5 Å². The second-order valence-corrected chi connectivity index (χ2v) is 23.6. The Morgan fingerprint density at radius 1 is 0.622 bits per heavy atom. The number of ketones is 1. The Kier molecular flexibility index (Phi) is 25.6. The molecule has 0 aliphatic carbocycles. The second-order valence-electron chi connectivity index (χ2n) is 19.6. The normalized spacial score (nSPS) is 16.3. The van der Waals surface area contributed by atoms with Crippen molar-refractivity contribution in [2.24, 2.45) is 0 Å². The van der Waals surface area contributed by atoms with Crippen molar-refractivity contribution in [2.45, 2.75) is 101 Å². The van der Waals surface area contributed by atoms with Gasteiger partial charge in [0, 0.05) is 95.4 Å². The fourth-order valence-corrected chi connectivity index (χ4v) is 12.6. The number of likely N-dealkylation sites (N-methyl/N-ethyl adjacent to an activating group) is 1. The molecule has 19 heteroatoms. The maximum absolute atomic E-state index is 13.2. The lowest BCUT2D eigenvalue weighted by Crippen LogP contribution is -2.31. The molecule has 2 aliphatic heterocycles. The largest absolute Gasteiger partial charge is 0.497 e. The van der Waals surface area contributed by atoms with E-state index in [1.807, 2.05) is 24.3 Å². The topological polar surface area (TPSA) is 176 Å². The second kappa shape index (κ2) is 30.0. The van der Waals surface area contributed by atoms with E-state index in [-0.39, 0.29) is 54.1 Å². The molecule has 2 heterocycles. The van der Waals surface area contributed by atoms with Crippen LogP contribution < -0.4 is 25.0 Å². The van der Waals surface area contributed by atoms with Crippen LogP contribution >= 0.6 is 12.4 Å². The van der Waals surface area contributed by atoms with Gasteiger partial charge in [0.1, 0.15) is 23.9 Å². The molecule has 412 valence electrons. The molecule has 2 unspecified atom stereocenters. The van der Waals surface area contributed by atoms with Crippen LogP contribution in [0.1, 0.15) is 72.8 Å². The predicted octanol–water partition coefficient (Wildman–Crippen LogP) is 7.77. The molecule has 0 amide bonds. The number of sulfonamides is 2. The number of ether oxygens (including phenoxy) is 3. The van der Waals surface area contributed by atoms with Gasteiger partial charge in [0.25, 0.3) is 6.47 Å². The SMILES string of the molecule is CN(C)C1CCCN(c2ccc(N)cc2)CC1.COc1cc(C)c(S(=O)(=O)N(C)CCC(=O)Cc2ccc(N3CCCC(N(C)C)CC3)cc2)c(C)c1.COc1cc(C)c(S(=O)(=O)N(C)CCOC=O)c(C)c1.Cl. The van der Waals surface area contributed by atoms with E-state index in [4.69, 9.17) is 15.2 Å². The van der Waals surface area contributed by atoms with Crippen LogP contribution in [0.2, 0.25) is 0 Å². The van der Waals surface area contributed by atoms with Gasteiger partial charge < -0.3 is 39.5 Å². The summed E-state index contributed by atoms with van der Waals surface area (Å²) in [6.45, 7) is 11.9. The van der Waals surface area contributed by atoms with Gasteiger partial charge in [-0.1, -0.05) is 12.1 Å². The first-order valence-electron chi connectivity index (χ1n) is 25.1. The molecule has 0 aromatic heterocycles. The molecule has 74 heavy (non-hydrogen) atoms. The summed E-state index contributed by atoms with van der Waals surface area (Å²) >= 11 is 0. The maximum Gasteiger partial charge on any atom is 0.293 e. The van der Waals surface area contributed by atoms with Crippen LogP contribution in [-0.2, 0) is 40.8 Å². The van der Waals surface area contributed by atoms with Crippen LogP contribution in [0.5, 0.6) is 11.5 Å². The molecule has 0 spiro atoms. The Bertz CT molecular complexity index is 2570. The number of carbonyl (C=O) groups excluding carboxylic acids is 2. The van der Waals surface area contributed by atoms with Crippen molar-refractivity contribution < 1.29 is 40.6 Å². The number of hydrogen-bond acceptors (Lipinski definition) is 14. The number of Topliss-reactive ketones (excluding diaryl/α,β-unsaturated/α-hetero) is 1. The van der Waals surface area contributed by atoms with Crippen molar-refractivity contribution in [1.82, 2.24) is 18.4 Å². The first kappa shape index (κ1) is 63.3. The minimum Gasteiger partial charge on any atom is -0.497 e.